The molecule has 0 saturated carbocycles. The molecule has 0 radical (unpaired) electrons. The van der Waals surface area contributed by atoms with Gasteiger partial charge in [-0.1, -0.05) is 35.9 Å². The van der Waals surface area contributed by atoms with E-state index in [-0.39, 0.29) is 16.6 Å². The Morgan fingerprint density at radius 3 is 2.42 bits per heavy atom. The minimum Gasteiger partial charge on any atom is -0.410 e. The van der Waals surface area contributed by atoms with Gasteiger partial charge in [0.25, 0.3) is 5.91 Å². The highest BCUT2D eigenvalue weighted by atomic mass is 35.5. The zero-order valence-corrected chi connectivity index (χ0v) is 14.7. The monoisotopic (exact) mass is 376 g/mol. The normalized spacial score (nSPS) is 14.8. The molecule has 0 bridgehead atoms. The average molecular weight is 377 g/mol. The molecule has 2 aromatic carbocycles. The van der Waals surface area contributed by atoms with E-state index in [2.05, 4.69) is 5.32 Å². The third-order valence-electron chi connectivity index (χ3n) is 4.23. The molecule has 7 heteroatoms. The van der Waals surface area contributed by atoms with Crippen molar-refractivity contribution >= 4 is 23.6 Å². The lowest BCUT2D eigenvalue weighted by Gasteiger charge is -2.31. The van der Waals surface area contributed by atoms with E-state index in [4.69, 9.17) is 16.3 Å². The number of benzene rings is 2. The summed E-state index contributed by atoms with van der Waals surface area (Å²) in [4.78, 5) is 26.0. The molecule has 5 nitrogen and oxygen atoms in total. The van der Waals surface area contributed by atoms with Crippen LogP contribution < -0.4 is 10.1 Å². The molecule has 0 unspecified atom stereocenters. The van der Waals surface area contributed by atoms with Gasteiger partial charge < -0.3 is 15.0 Å². The Kier molecular flexibility index (Phi) is 5.73. The Labute approximate surface area is 155 Å². The summed E-state index contributed by atoms with van der Waals surface area (Å²) in [6.07, 6.45) is 0.696. The Morgan fingerprint density at radius 1 is 1.08 bits per heavy atom. The third-order valence-corrected chi connectivity index (χ3v) is 4.54. The van der Waals surface area contributed by atoms with Gasteiger partial charge in [-0.25, -0.2) is 9.18 Å². The lowest BCUT2D eigenvalue weighted by molar-refractivity contribution is 0.0906. The molecule has 2 aromatic rings. The molecule has 0 atom stereocenters. The fourth-order valence-electron chi connectivity index (χ4n) is 2.83. The molecule has 2 amide bonds. The van der Waals surface area contributed by atoms with Crippen molar-refractivity contribution in [1.82, 2.24) is 10.2 Å². The maximum absolute atomic E-state index is 13.8. The number of carbonyl (C=O) groups is 2. The first-order valence-corrected chi connectivity index (χ1v) is 8.69. The summed E-state index contributed by atoms with van der Waals surface area (Å²) >= 11 is 5.91. The number of piperidine rings is 1. The molecule has 1 N–H and O–H groups in total. The molecule has 1 saturated heterocycles. The van der Waals surface area contributed by atoms with Crippen LogP contribution in [0.1, 0.15) is 23.2 Å². The van der Waals surface area contributed by atoms with Crippen LogP contribution in [0.25, 0.3) is 0 Å². The van der Waals surface area contributed by atoms with Crippen LogP contribution in [0.4, 0.5) is 9.18 Å². The number of amides is 2. The van der Waals surface area contributed by atoms with Gasteiger partial charge in [-0.3, -0.25) is 4.79 Å². The van der Waals surface area contributed by atoms with Gasteiger partial charge in [0, 0.05) is 19.1 Å². The van der Waals surface area contributed by atoms with E-state index in [9.17, 15) is 14.0 Å². The van der Waals surface area contributed by atoms with Gasteiger partial charge in [0.15, 0.2) is 0 Å². The lowest BCUT2D eigenvalue weighted by Crippen LogP contribution is -2.47. The Hall–Kier alpha value is -2.60. The summed E-state index contributed by atoms with van der Waals surface area (Å²) in [7, 11) is 0. The van der Waals surface area contributed by atoms with Crippen LogP contribution in [-0.2, 0) is 0 Å². The van der Waals surface area contributed by atoms with Gasteiger partial charge in [0.2, 0.25) is 0 Å². The summed E-state index contributed by atoms with van der Waals surface area (Å²) in [5, 5.41) is 2.86. The number of hydrogen-bond acceptors (Lipinski definition) is 3. The average Bonchev–Trinajstić information content (AvgIpc) is 2.63. The van der Waals surface area contributed by atoms with Crippen LogP contribution in [0.3, 0.4) is 0 Å². The van der Waals surface area contributed by atoms with E-state index in [1.54, 1.807) is 29.2 Å². The summed E-state index contributed by atoms with van der Waals surface area (Å²) in [6.45, 7) is 0.892. The van der Waals surface area contributed by atoms with Crippen molar-refractivity contribution in [2.75, 3.05) is 13.1 Å². The maximum atomic E-state index is 13.8. The number of nitrogens with one attached hydrogen (secondary N) is 1. The second kappa shape index (κ2) is 8.19. The molecule has 26 heavy (non-hydrogen) atoms. The highest BCUT2D eigenvalue weighted by molar-refractivity contribution is 6.33. The van der Waals surface area contributed by atoms with Crippen molar-refractivity contribution in [3.05, 3.63) is 64.9 Å². The third kappa shape index (κ3) is 4.32. The number of nitrogens with zero attached hydrogens (tertiary/aromatic N) is 1. The number of halogens is 2. The van der Waals surface area contributed by atoms with Gasteiger partial charge in [-0.2, -0.15) is 0 Å². The Morgan fingerprint density at radius 2 is 1.77 bits per heavy atom. The topological polar surface area (TPSA) is 58.6 Å². The van der Waals surface area contributed by atoms with Crippen LogP contribution in [0.2, 0.25) is 5.02 Å². The van der Waals surface area contributed by atoms with Crippen molar-refractivity contribution in [2.45, 2.75) is 18.9 Å². The van der Waals surface area contributed by atoms with Crippen molar-refractivity contribution in [3.63, 3.8) is 0 Å². The van der Waals surface area contributed by atoms with Crippen molar-refractivity contribution in [3.8, 4) is 5.75 Å². The molecule has 0 aliphatic carbocycles. The summed E-state index contributed by atoms with van der Waals surface area (Å²) < 4.78 is 19.1. The van der Waals surface area contributed by atoms with E-state index < -0.39 is 17.8 Å². The second-order valence-corrected chi connectivity index (χ2v) is 6.42. The van der Waals surface area contributed by atoms with E-state index >= 15 is 0 Å². The van der Waals surface area contributed by atoms with E-state index in [0.717, 1.165) is 0 Å². The smallest absolute Gasteiger partial charge is 0.410 e. The summed E-state index contributed by atoms with van der Waals surface area (Å²) in [6, 6.07) is 12.8. The highest BCUT2D eigenvalue weighted by Crippen LogP contribution is 2.20. The van der Waals surface area contributed by atoms with Crippen LogP contribution in [0.5, 0.6) is 5.75 Å². The van der Waals surface area contributed by atoms with E-state index in [1.165, 1.54) is 18.2 Å². The molecule has 1 aliphatic heterocycles. The SMILES string of the molecule is O=C(NC1CCN(C(=O)Oc2ccccc2)CC1)c1c(F)cccc1Cl. The van der Waals surface area contributed by atoms with Gasteiger partial charge in [0.1, 0.15) is 11.6 Å². The molecule has 3 rings (SSSR count). The van der Waals surface area contributed by atoms with E-state index in [0.29, 0.717) is 31.7 Å². The van der Waals surface area contributed by atoms with Crippen molar-refractivity contribution in [1.29, 1.82) is 0 Å². The van der Waals surface area contributed by atoms with E-state index in [1.807, 2.05) is 6.07 Å². The van der Waals surface area contributed by atoms with Gasteiger partial charge in [0.05, 0.1) is 10.6 Å². The molecular formula is C19H18ClFN2O3. The molecule has 1 aliphatic rings. The molecule has 0 aromatic heterocycles. The number of para-hydroxylation sites is 1. The van der Waals surface area contributed by atoms with Crippen LogP contribution in [0, 0.1) is 5.82 Å². The predicted octanol–water partition coefficient (Wildman–Crippen LogP) is 3.87. The van der Waals surface area contributed by atoms with Gasteiger partial charge >= 0.3 is 6.09 Å². The molecule has 1 heterocycles. The van der Waals surface area contributed by atoms with Crippen LogP contribution in [0.15, 0.2) is 48.5 Å². The number of ether oxygens (including phenoxy) is 1. The molecule has 0 spiro atoms. The first kappa shape index (κ1) is 18.2. The zero-order chi connectivity index (χ0) is 18.5. The summed E-state index contributed by atoms with van der Waals surface area (Å²) in [5.41, 5.74) is -0.153. The number of rotatable bonds is 3. The zero-order valence-electron chi connectivity index (χ0n) is 14.0. The summed E-state index contributed by atoms with van der Waals surface area (Å²) in [5.74, 6) is -0.709. The minimum absolute atomic E-state index is 0.0753. The first-order valence-electron chi connectivity index (χ1n) is 8.31. The highest BCUT2D eigenvalue weighted by Gasteiger charge is 2.26. The number of carbonyl (C=O) groups excluding carboxylic acids is 2. The van der Waals surface area contributed by atoms with Gasteiger partial charge in [-0.05, 0) is 37.1 Å². The predicted molar refractivity (Wildman–Crippen MR) is 95.9 cm³/mol. The molecule has 1 fully saturated rings. The van der Waals surface area contributed by atoms with Gasteiger partial charge in [-0.15, -0.1) is 0 Å². The maximum Gasteiger partial charge on any atom is 0.415 e. The first-order chi connectivity index (χ1) is 12.5. The standard InChI is InChI=1S/C19H18ClFN2O3/c20-15-7-4-8-16(21)17(15)18(24)22-13-9-11-23(12-10-13)19(25)26-14-5-2-1-3-6-14/h1-8,13H,9-12H2,(H,22,24). The minimum atomic E-state index is -0.654. The van der Waals surface area contributed by atoms with Crippen molar-refractivity contribution < 1.29 is 18.7 Å². The number of likely N-dealkylation sites (tertiary alicyclic amines) is 1. The Bertz CT molecular complexity index is 772. The largest absolute Gasteiger partial charge is 0.415 e. The fourth-order valence-corrected chi connectivity index (χ4v) is 3.08. The molecule has 136 valence electrons. The van der Waals surface area contributed by atoms with Crippen molar-refractivity contribution in [2.24, 2.45) is 0 Å². The second-order valence-electron chi connectivity index (χ2n) is 6.01. The lowest BCUT2D eigenvalue weighted by atomic mass is 10.0. The molecular weight excluding hydrogens is 359 g/mol. The van der Waals surface area contributed by atoms with Crippen LogP contribution >= 0.6 is 11.6 Å². The number of hydrogen-bond donors (Lipinski definition) is 1. The quantitative estimate of drug-likeness (QED) is 0.884. The Balaban J connectivity index is 1.52. The van der Waals surface area contributed by atoms with Crippen LogP contribution in [-0.4, -0.2) is 36.0 Å². The fraction of sp³-hybridized carbons (Fsp3) is 0.263.